The molecule has 1 N–H and O–H groups in total. The lowest BCUT2D eigenvalue weighted by Gasteiger charge is -2.23. The third-order valence-electron chi connectivity index (χ3n) is 4.71. The van der Waals surface area contributed by atoms with Crippen LogP contribution in [-0.2, 0) is 24.1 Å². The number of rotatable bonds is 5. The van der Waals surface area contributed by atoms with E-state index in [-0.39, 0.29) is 18.2 Å². The number of aromatic nitrogens is 4. The molecule has 0 bridgehead atoms. The number of nitrogens with zero attached hydrogens (tertiary/aromatic N) is 3. The molecule has 138 valence electrons. The van der Waals surface area contributed by atoms with Crippen molar-refractivity contribution in [1.29, 1.82) is 0 Å². The minimum atomic E-state index is -0.417. The molecule has 27 heavy (non-hydrogen) atoms. The molecule has 3 aromatic heterocycles. The first-order valence-corrected chi connectivity index (χ1v) is 8.55. The van der Waals surface area contributed by atoms with Crippen LogP contribution in [0.4, 0.5) is 0 Å². The quantitative estimate of drug-likeness (QED) is 0.729. The number of fused-ring (bicyclic) bond motifs is 1. The Morgan fingerprint density at radius 2 is 2.11 bits per heavy atom. The molecule has 8 nitrogen and oxygen atoms in total. The maximum atomic E-state index is 13.0. The first-order valence-electron chi connectivity index (χ1n) is 8.55. The van der Waals surface area contributed by atoms with Crippen molar-refractivity contribution in [3.63, 3.8) is 0 Å². The predicted octanol–water partition coefficient (Wildman–Crippen LogP) is 1.27. The molecule has 4 rings (SSSR count). The predicted molar refractivity (Wildman–Crippen MR) is 98.1 cm³/mol. The molecule has 8 heteroatoms. The van der Waals surface area contributed by atoms with Crippen LogP contribution in [0, 0.1) is 0 Å². The van der Waals surface area contributed by atoms with Gasteiger partial charge in [-0.1, -0.05) is 0 Å². The van der Waals surface area contributed by atoms with E-state index in [2.05, 4.69) is 15.0 Å². The number of methoxy groups -OCH3 is 1. The molecule has 0 radical (unpaired) electrons. The first kappa shape index (κ1) is 17.2. The van der Waals surface area contributed by atoms with Crippen molar-refractivity contribution in [3.8, 4) is 0 Å². The van der Waals surface area contributed by atoms with E-state index in [0.29, 0.717) is 29.9 Å². The first-order chi connectivity index (χ1) is 13.2. The summed E-state index contributed by atoms with van der Waals surface area (Å²) >= 11 is 0. The van der Waals surface area contributed by atoms with Gasteiger partial charge in [0, 0.05) is 43.7 Å². The molecule has 1 aliphatic carbocycles. The fourth-order valence-electron chi connectivity index (χ4n) is 3.28. The summed E-state index contributed by atoms with van der Waals surface area (Å²) in [5, 5.41) is 0. The van der Waals surface area contributed by atoms with Gasteiger partial charge in [0.1, 0.15) is 0 Å². The number of ether oxygens (including phenoxy) is 1. The van der Waals surface area contributed by atoms with Crippen LogP contribution in [0.1, 0.15) is 22.6 Å². The van der Waals surface area contributed by atoms with Crippen molar-refractivity contribution in [2.75, 3.05) is 7.11 Å². The molecule has 3 aromatic rings. The van der Waals surface area contributed by atoms with Crippen molar-refractivity contribution >= 4 is 11.6 Å². The Morgan fingerprint density at radius 1 is 1.30 bits per heavy atom. The van der Waals surface area contributed by atoms with E-state index in [1.807, 2.05) is 12.1 Å². The Balaban J connectivity index is 1.74. The summed E-state index contributed by atoms with van der Waals surface area (Å²) in [6.07, 6.45) is 8.62. The van der Waals surface area contributed by atoms with E-state index in [9.17, 15) is 9.59 Å². The number of pyridine rings is 1. The summed E-state index contributed by atoms with van der Waals surface area (Å²) in [4.78, 5) is 36.1. The second-order valence-electron chi connectivity index (χ2n) is 6.28. The number of oxazole rings is 1. The number of nitrogens with one attached hydrogen (secondary N) is 1. The van der Waals surface area contributed by atoms with Gasteiger partial charge >= 0.3 is 5.69 Å². The van der Waals surface area contributed by atoms with E-state index in [0.717, 1.165) is 11.1 Å². The fraction of sp³-hybridized carbons (Fsp3) is 0.263. The van der Waals surface area contributed by atoms with Gasteiger partial charge in [-0.05, 0) is 30.2 Å². The molecule has 0 spiro atoms. The summed E-state index contributed by atoms with van der Waals surface area (Å²) in [6, 6.07) is 3.73. The third-order valence-corrected chi connectivity index (χ3v) is 4.71. The van der Waals surface area contributed by atoms with Crippen molar-refractivity contribution < 1.29 is 9.15 Å². The molecule has 0 saturated heterocycles. The number of aryl methyl sites for hydroxylation is 1. The Morgan fingerprint density at radius 3 is 2.81 bits per heavy atom. The molecule has 0 aliphatic heterocycles. The molecule has 3 heterocycles. The summed E-state index contributed by atoms with van der Waals surface area (Å²) in [7, 11) is 1.58. The zero-order valence-corrected chi connectivity index (χ0v) is 14.7. The van der Waals surface area contributed by atoms with Crippen LogP contribution in [0.3, 0.4) is 0 Å². The number of aromatic amines is 1. The zero-order valence-electron chi connectivity index (χ0n) is 14.7. The highest BCUT2D eigenvalue weighted by atomic mass is 16.5. The van der Waals surface area contributed by atoms with Crippen molar-refractivity contribution in [3.05, 3.63) is 80.5 Å². The highest BCUT2D eigenvalue weighted by Gasteiger charge is 2.27. The number of H-pyrrole nitrogens is 1. The zero-order chi connectivity index (χ0) is 18.8. The molecular formula is C19H18N4O4. The van der Waals surface area contributed by atoms with Gasteiger partial charge in [0.05, 0.1) is 17.9 Å². The van der Waals surface area contributed by atoms with Crippen molar-refractivity contribution in [1.82, 2.24) is 19.5 Å². The van der Waals surface area contributed by atoms with Gasteiger partial charge in [0.15, 0.2) is 12.2 Å². The molecule has 1 aliphatic rings. The number of hydrogen-bond acceptors (Lipinski definition) is 6. The van der Waals surface area contributed by atoms with Crippen molar-refractivity contribution in [2.24, 2.45) is 0 Å². The fourth-order valence-corrected chi connectivity index (χ4v) is 3.28. The summed E-state index contributed by atoms with van der Waals surface area (Å²) < 4.78 is 12.1. The number of hydrogen-bond donors (Lipinski definition) is 1. The topological polar surface area (TPSA) is 103 Å². The Kier molecular flexibility index (Phi) is 4.55. The Labute approximate surface area is 154 Å². The van der Waals surface area contributed by atoms with Crippen LogP contribution in [0.5, 0.6) is 0 Å². The highest BCUT2D eigenvalue weighted by molar-refractivity contribution is 5.84. The second-order valence-corrected chi connectivity index (χ2v) is 6.28. The monoisotopic (exact) mass is 366 g/mol. The van der Waals surface area contributed by atoms with Gasteiger partial charge in [-0.15, -0.1) is 0 Å². The maximum Gasteiger partial charge on any atom is 0.328 e. The van der Waals surface area contributed by atoms with E-state index < -0.39 is 5.69 Å². The molecule has 0 fully saturated rings. The van der Waals surface area contributed by atoms with Gasteiger partial charge < -0.3 is 14.1 Å². The lowest BCUT2D eigenvalue weighted by Crippen LogP contribution is -2.40. The van der Waals surface area contributed by atoms with Gasteiger partial charge in [-0.2, -0.15) is 0 Å². The van der Waals surface area contributed by atoms with Gasteiger partial charge in [0.25, 0.3) is 5.56 Å². The highest BCUT2D eigenvalue weighted by Crippen LogP contribution is 2.29. The van der Waals surface area contributed by atoms with Crippen molar-refractivity contribution in [2.45, 2.75) is 25.5 Å². The van der Waals surface area contributed by atoms with Crippen LogP contribution < -0.4 is 11.2 Å². The van der Waals surface area contributed by atoms with Crippen LogP contribution in [-0.4, -0.2) is 32.7 Å². The smallest absolute Gasteiger partial charge is 0.328 e. The normalized spacial score (nSPS) is 16.0. The minimum absolute atomic E-state index is 0.282. The average molecular weight is 366 g/mol. The molecular weight excluding hydrogens is 348 g/mol. The largest absolute Gasteiger partial charge is 0.444 e. The van der Waals surface area contributed by atoms with E-state index in [4.69, 9.17) is 9.15 Å². The molecule has 0 aromatic carbocycles. The van der Waals surface area contributed by atoms with Crippen LogP contribution in [0.15, 0.2) is 51.1 Å². The second kappa shape index (κ2) is 7.16. The van der Waals surface area contributed by atoms with Crippen LogP contribution >= 0.6 is 0 Å². The Bertz CT molecular complexity index is 1080. The molecule has 1 atom stereocenters. The minimum Gasteiger partial charge on any atom is -0.444 e. The SMILES string of the molecule is COC1Cc2[nH]c(=O)n(CCc3ccncc3)c(=O)c2C=C1c1cnco1. The molecule has 1 unspecified atom stereocenters. The van der Waals surface area contributed by atoms with E-state index in [1.165, 1.54) is 11.0 Å². The summed E-state index contributed by atoms with van der Waals surface area (Å²) in [6.45, 7) is 0.282. The van der Waals surface area contributed by atoms with E-state index in [1.54, 1.807) is 31.8 Å². The standard InChI is InChI=1S/C19H18N4O4/c1-26-16-9-15-13(8-14(16)17-10-21-11-27-17)18(24)23(19(25)22-15)7-4-12-2-5-20-6-3-12/h2-3,5-6,8,10-11,16H,4,7,9H2,1H3,(H,22,25). The Hall–Kier alpha value is -3.26. The van der Waals surface area contributed by atoms with Gasteiger partial charge in [0.2, 0.25) is 0 Å². The third kappa shape index (κ3) is 3.26. The molecule has 0 amide bonds. The maximum absolute atomic E-state index is 13.0. The van der Waals surface area contributed by atoms with Crippen LogP contribution in [0.25, 0.3) is 11.6 Å². The average Bonchev–Trinajstić information content (AvgIpc) is 3.22. The summed E-state index contributed by atoms with van der Waals surface area (Å²) in [5.74, 6) is 0.543. The molecule has 0 saturated carbocycles. The van der Waals surface area contributed by atoms with Gasteiger partial charge in [-0.25, -0.2) is 9.78 Å². The van der Waals surface area contributed by atoms with E-state index >= 15 is 0 Å². The lowest BCUT2D eigenvalue weighted by atomic mass is 9.93. The lowest BCUT2D eigenvalue weighted by molar-refractivity contribution is 0.146. The van der Waals surface area contributed by atoms with Crippen LogP contribution in [0.2, 0.25) is 0 Å². The summed E-state index contributed by atoms with van der Waals surface area (Å²) in [5.41, 5.74) is 2.01. The van der Waals surface area contributed by atoms with Gasteiger partial charge in [-0.3, -0.25) is 14.3 Å².